The van der Waals surface area contributed by atoms with Crippen LogP contribution in [0.5, 0.6) is 0 Å². The number of hydrogen-bond donors (Lipinski definition) is 2. The van der Waals surface area contributed by atoms with E-state index in [9.17, 15) is 26.6 Å². The predicted molar refractivity (Wildman–Crippen MR) is 64.0 cm³/mol. The Balaban J connectivity index is 3.00. The average Bonchev–Trinajstić information content (AvgIpc) is 2.29. The number of carbonyl (C=O) groups excluding carboxylic acids is 1. The minimum atomic E-state index is -5.20. The first-order valence-corrected chi connectivity index (χ1v) is 6.76. The van der Waals surface area contributed by atoms with Crippen molar-refractivity contribution in [2.24, 2.45) is 0 Å². The van der Waals surface area contributed by atoms with Crippen molar-refractivity contribution in [3.63, 3.8) is 0 Å². The molecule has 0 aromatic heterocycles. The maximum Gasteiger partial charge on any atom is 0.426 e. The fourth-order valence-corrected chi connectivity index (χ4v) is 1.68. The van der Waals surface area contributed by atoms with E-state index in [0.29, 0.717) is 0 Å². The second kappa shape index (κ2) is 5.49. The van der Waals surface area contributed by atoms with Gasteiger partial charge in [0.25, 0.3) is 5.91 Å². The molecule has 1 aromatic carbocycles. The molecule has 0 aliphatic carbocycles. The monoisotopic (exact) mass is 313 g/mol. The lowest BCUT2D eigenvalue weighted by Crippen LogP contribution is -2.52. The molecule has 4 nitrogen and oxygen atoms in total. The number of halogens is 4. The van der Waals surface area contributed by atoms with Gasteiger partial charge in [-0.3, -0.25) is 9.00 Å². The summed E-state index contributed by atoms with van der Waals surface area (Å²) in [5, 5.41) is 10.7. The average molecular weight is 313 g/mol. The van der Waals surface area contributed by atoms with Gasteiger partial charge in [-0.15, -0.1) is 0 Å². The van der Waals surface area contributed by atoms with Gasteiger partial charge >= 0.3 is 6.18 Å². The first-order valence-electron chi connectivity index (χ1n) is 5.20. The number of alkyl halides is 3. The second-order valence-corrected chi connectivity index (χ2v) is 5.50. The van der Waals surface area contributed by atoms with Gasteiger partial charge in [0.05, 0.1) is 5.69 Å². The third-order valence-corrected chi connectivity index (χ3v) is 3.43. The molecule has 0 bridgehead atoms. The van der Waals surface area contributed by atoms with E-state index in [1.54, 1.807) is 5.32 Å². The van der Waals surface area contributed by atoms with Crippen LogP contribution in [0.1, 0.15) is 6.92 Å². The molecule has 0 aliphatic rings. The summed E-state index contributed by atoms with van der Waals surface area (Å²) in [6.45, 7) is 0.260. The van der Waals surface area contributed by atoms with E-state index in [1.807, 2.05) is 0 Å². The number of benzene rings is 1. The molecule has 0 spiro atoms. The highest BCUT2D eigenvalue weighted by molar-refractivity contribution is 7.84. The van der Waals surface area contributed by atoms with E-state index in [4.69, 9.17) is 5.11 Å². The molecule has 2 unspecified atom stereocenters. The summed E-state index contributed by atoms with van der Waals surface area (Å²) in [6.07, 6.45) is -3.90. The Labute approximate surface area is 114 Å². The second-order valence-electron chi connectivity index (χ2n) is 4.12. The summed E-state index contributed by atoms with van der Waals surface area (Å²) >= 11 is 0. The van der Waals surface area contributed by atoms with Crippen LogP contribution in [-0.2, 0) is 15.6 Å². The lowest BCUT2D eigenvalue weighted by molar-refractivity contribution is -0.242. The highest BCUT2D eigenvalue weighted by atomic mass is 32.2. The van der Waals surface area contributed by atoms with E-state index in [-0.39, 0.29) is 11.8 Å². The van der Waals surface area contributed by atoms with E-state index in [0.717, 1.165) is 12.1 Å². The Kier molecular flexibility index (Phi) is 4.55. The molecule has 9 heteroatoms. The van der Waals surface area contributed by atoms with E-state index in [2.05, 4.69) is 0 Å². The number of rotatable bonds is 3. The zero-order valence-electron chi connectivity index (χ0n) is 10.4. The lowest BCUT2D eigenvalue weighted by Gasteiger charge is -2.24. The van der Waals surface area contributed by atoms with Crippen LogP contribution >= 0.6 is 0 Å². The summed E-state index contributed by atoms with van der Waals surface area (Å²) < 4.78 is 61.9. The number of hydrogen-bond acceptors (Lipinski definition) is 3. The lowest BCUT2D eigenvalue weighted by atomic mass is 10.1. The molecule has 0 fully saturated rings. The Morgan fingerprint density at radius 1 is 1.35 bits per heavy atom. The van der Waals surface area contributed by atoms with E-state index < -0.39 is 40.0 Å². The first-order chi connectivity index (χ1) is 8.96. The van der Waals surface area contributed by atoms with Crippen LogP contribution in [-0.4, -0.2) is 33.3 Å². The zero-order chi connectivity index (χ0) is 15.7. The fourth-order valence-electron chi connectivity index (χ4n) is 1.15. The van der Waals surface area contributed by atoms with E-state index in [1.165, 1.54) is 12.3 Å². The van der Waals surface area contributed by atoms with Crippen molar-refractivity contribution >= 4 is 22.4 Å². The normalized spacial score (nSPS) is 16.4. The maximum atomic E-state index is 13.5. The number of carbonyl (C=O) groups is 1. The SMILES string of the molecule is CS(=O)c1ccc(NC(=O)C(C)(O)C(F)(F)F)c(F)c1. The van der Waals surface area contributed by atoms with Gasteiger partial charge in [-0.05, 0) is 25.1 Å². The Morgan fingerprint density at radius 2 is 1.90 bits per heavy atom. The molecule has 2 N–H and O–H groups in total. The molecule has 0 radical (unpaired) electrons. The summed E-state index contributed by atoms with van der Waals surface area (Å²) in [4.78, 5) is 11.5. The van der Waals surface area contributed by atoms with Gasteiger partial charge in [-0.2, -0.15) is 13.2 Å². The number of aliphatic hydroxyl groups is 1. The Bertz CT molecular complexity index is 557. The van der Waals surface area contributed by atoms with Crippen molar-refractivity contribution in [3.05, 3.63) is 24.0 Å². The van der Waals surface area contributed by atoms with Crippen LogP contribution in [0.15, 0.2) is 23.1 Å². The zero-order valence-corrected chi connectivity index (χ0v) is 11.2. The summed E-state index contributed by atoms with van der Waals surface area (Å²) in [7, 11) is -1.47. The van der Waals surface area contributed by atoms with Gasteiger partial charge in [0.15, 0.2) is 0 Å². The quantitative estimate of drug-likeness (QED) is 0.837. The van der Waals surface area contributed by atoms with Gasteiger partial charge in [0.2, 0.25) is 5.60 Å². The number of nitrogens with one attached hydrogen (secondary N) is 1. The molecule has 1 rings (SSSR count). The van der Waals surface area contributed by atoms with Crippen LogP contribution in [0.2, 0.25) is 0 Å². The van der Waals surface area contributed by atoms with E-state index >= 15 is 0 Å². The predicted octanol–water partition coefficient (Wildman–Crippen LogP) is 1.81. The highest BCUT2D eigenvalue weighted by Gasteiger charge is 2.55. The molecular weight excluding hydrogens is 302 g/mol. The standard InChI is InChI=1S/C11H11F4NO3S/c1-10(18,11(13,14)15)9(17)16-8-4-3-6(20(2)19)5-7(8)12/h3-5,18H,1-2H3,(H,16,17). The Hall–Kier alpha value is -1.48. The van der Waals surface area contributed by atoms with Gasteiger partial charge in [-0.1, -0.05) is 0 Å². The van der Waals surface area contributed by atoms with Gasteiger partial charge in [0, 0.05) is 22.0 Å². The van der Waals surface area contributed by atoms with Crippen LogP contribution in [0.3, 0.4) is 0 Å². The van der Waals surface area contributed by atoms with Crippen LogP contribution < -0.4 is 5.32 Å². The third-order valence-electron chi connectivity index (χ3n) is 2.51. The van der Waals surface area contributed by atoms with Crippen molar-refractivity contribution in [1.29, 1.82) is 0 Å². The topological polar surface area (TPSA) is 66.4 Å². The molecular formula is C11H11F4NO3S. The van der Waals surface area contributed by atoms with Gasteiger partial charge < -0.3 is 10.4 Å². The number of anilines is 1. The number of amides is 1. The first kappa shape index (κ1) is 16.6. The van der Waals surface area contributed by atoms with Crippen molar-refractivity contribution < 1.29 is 31.7 Å². The van der Waals surface area contributed by atoms with Crippen molar-refractivity contribution in [3.8, 4) is 0 Å². The molecule has 1 aromatic rings. The van der Waals surface area contributed by atoms with Crippen molar-refractivity contribution in [1.82, 2.24) is 0 Å². The molecule has 0 heterocycles. The molecule has 0 saturated carbocycles. The smallest absolute Gasteiger partial charge is 0.373 e. The minimum Gasteiger partial charge on any atom is -0.373 e. The fraction of sp³-hybridized carbons (Fsp3) is 0.364. The summed E-state index contributed by atoms with van der Waals surface area (Å²) in [5.41, 5.74) is -4.19. The van der Waals surface area contributed by atoms with Crippen molar-refractivity contribution in [2.75, 3.05) is 11.6 Å². The molecule has 1 amide bonds. The summed E-state index contributed by atoms with van der Waals surface area (Å²) in [6, 6.07) is 2.99. The van der Waals surface area contributed by atoms with Crippen molar-refractivity contribution in [2.45, 2.75) is 23.6 Å². The largest absolute Gasteiger partial charge is 0.426 e. The highest BCUT2D eigenvalue weighted by Crippen LogP contribution is 2.31. The molecule has 0 aliphatic heterocycles. The Morgan fingerprint density at radius 3 is 2.30 bits per heavy atom. The van der Waals surface area contributed by atoms with Gasteiger partial charge in [-0.25, -0.2) is 4.39 Å². The van der Waals surface area contributed by atoms with Crippen LogP contribution in [0.4, 0.5) is 23.2 Å². The molecule has 0 saturated heterocycles. The molecule has 20 heavy (non-hydrogen) atoms. The van der Waals surface area contributed by atoms with Crippen LogP contribution in [0, 0.1) is 5.82 Å². The molecule has 2 atom stereocenters. The minimum absolute atomic E-state index is 0.114. The van der Waals surface area contributed by atoms with Crippen LogP contribution in [0.25, 0.3) is 0 Å². The summed E-state index contributed by atoms with van der Waals surface area (Å²) in [5.74, 6) is -2.86. The molecule has 112 valence electrons. The third kappa shape index (κ3) is 3.34. The maximum absolute atomic E-state index is 13.5. The van der Waals surface area contributed by atoms with Gasteiger partial charge in [0.1, 0.15) is 5.82 Å².